The van der Waals surface area contributed by atoms with E-state index in [1.54, 1.807) is 12.1 Å². The van der Waals surface area contributed by atoms with Crippen LogP contribution >= 0.6 is 31.9 Å². The highest BCUT2D eigenvalue weighted by atomic mass is 79.9. The molecule has 1 aromatic carbocycles. The molecule has 0 unspecified atom stereocenters. The number of nitrogens with zero attached hydrogens (tertiary/aromatic N) is 1. The molecule has 0 spiro atoms. The van der Waals surface area contributed by atoms with Crippen molar-refractivity contribution >= 4 is 61.2 Å². The molecule has 3 amide bonds. The van der Waals surface area contributed by atoms with Gasteiger partial charge in [0.2, 0.25) is 11.8 Å². The maximum Gasteiger partial charge on any atom is 0.326 e. The van der Waals surface area contributed by atoms with Gasteiger partial charge in [-0.15, -0.1) is 0 Å². The van der Waals surface area contributed by atoms with Gasteiger partial charge in [0.1, 0.15) is 6.54 Å². The summed E-state index contributed by atoms with van der Waals surface area (Å²) in [4.78, 5) is 51.1. The third-order valence-corrected chi connectivity index (χ3v) is 9.58. The standard InChI is InChI=1S/C21H22Br2N2O5/c1-2-10-3-5-11(6-4-10)24-14(26)9-30-15(27)8-25-20(28)16-12-7-13(17(16)21(25)29)19(23)18(12)22/h3-6,12-13,16-19H,2,7-9H2,1H3,(H,24,26)/t12-,13-,16-,17-,18+,19+/m1/s1. The summed E-state index contributed by atoms with van der Waals surface area (Å²) in [5.74, 6) is -2.43. The highest BCUT2D eigenvalue weighted by Gasteiger charge is 2.66. The molecule has 0 aromatic heterocycles. The second-order valence-corrected chi connectivity index (χ2v) is 10.1. The number of imide groups is 1. The number of anilines is 1. The zero-order valence-electron chi connectivity index (χ0n) is 16.3. The number of hydrogen-bond acceptors (Lipinski definition) is 5. The molecule has 160 valence electrons. The van der Waals surface area contributed by atoms with Gasteiger partial charge < -0.3 is 10.1 Å². The molecule has 2 saturated carbocycles. The molecule has 1 N–H and O–H groups in total. The summed E-state index contributed by atoms with van der Waals surface area (Å²) in [6.07, 6.45) is 1.73. The molecule has 0 radical (unpaired) electrons. The maximum atomic E-state index is 12.8. The number of aryl methyl sites for hydroxylation is 1. The molecule has 1 saturated heterocycles. The van der Waals surface area contributed by atoms with Gasteiger partial charge in [-0.3, -0.25) is 24.1 Å². The fourth-order valence-electron chi connectivity index (χ4n) is 4.91. The van der Waals surface area contributed by atoms with E-state index in [-0.39, 0.29) is 45.1 Å². The molecule has 7 nitrogen and oxygen atoms in total. The summed E-state index contributed by atoms with van der Waals surface area (Å²) >= 11 is 7.25. The number of fused-ring (bicyclic) bond motifs is 5. The number of ether oxygens (including phenoxy) is 1. The van der Waals surface area contributed by atoms with Crippen LogP contribution in [0.1, 0.15) is 18.9 Å². The lowest BCUT2D eigenvalue weighted by molar-refractivity contribution is -0.154. The molecule has 3 aliphatic rings. The minimum absolute atomic E-state index is 0.0896. The summed E-state index contributed by atoms with van der Waals surface area (Å²) in [5.41, 5.74) is 1.75. The minimum Gasteiger partial charge on any atom is -0.454 e. The average Bonchev–Trinajstić information content (AvgIpc) is 3.34. The van der Waals surface area contributed by atoms with E-state index in [0.29, 0.717) is 5.69 Å². The number of carbonyl (C=O) groups is 4. The minimum atomic E-state index is -0.772. The summed E-state index contributed by atoms with van der Waals surface area (Å²) in [5, 5.41) is 2.65. The first-order valence-corrected chi connectivity index (χ1v) is 11.8. The highest BCUT2D eigenvalue weighted by Crippen LogP contribution is 2.60. The zero-order valence-corrected chi connectivity index (χ0v) is 19.5. The van der Waals surface area contributed by atoms with Crippen molar-refractivity contribution < 1.29 is 23.9 Å². The zero-order chi connectivity index (χ0) is 21.6. The normalized spacial score (nSPS) is 31.8. The van der Waals surface area contributed by atoms with Crippen LogP contribution in [0.2, 0.25) is 0 Å². The molecule has 2 bridgehead atoms. The van der Waals surface area contributed by atoms with Gasteiger partial charge in [0, 0.05) is 15.3 Å². The van der Waals surface area contributed by atoms with Crippen LogP contribution in [0.3, 0.4) is 0 Å². The van der Waals surface area contributed by atoms with Gasteiger partial charge in [0.25, 0.3) is 5.91 Å². The van der Waals surface area contributed by atoms with Gasteiger partial charge in [-0.05, 0) is 42.4 Å². The Morgan fingerprint density at radius 2 is 1.63 bits per heavy atom. The fraction of sp³-hybridized carbons (Fsp3) is 0.524. The summed E-state index contributed by atoms with van der Waals surface area (Å²) in [6.45, 7) is 1.11. The quantitative estimate of drug-likeness (QED) is 0.339. The van der Waals surface area contributed by atoms with Gasteiger partial charge in [0.15, 0.2) is 6.61 Å². The molecule has 1 aliphatic heterocycles. The van der Waals surface area contributed by atoms with Gasteiger partial charge >= 0.3 is 5.97 Å². The van der Waals surface area contributed by atoms with Gasteiger partial charge in [-0.25, -0.2) is 0 Å². The van der Waals surface area contributed by atoms with Crippen LogP contribution in [0.4, 0.5) is 5.69 Å². The van der Waals surface area contributed by atoms with Crippen LogP contribution in [-0.4, -0.2) is 51.4 Å². The number of hydrogen-bond donors (Lipinski definition) is 1. The fourth-order valence-corrected chi connectivity index (χ4v) is 6.78. The van der Waals surface area contributed by atoms with Crippen LogP contribution in [0.5, 0.6) is 0 Å². The van der Waals surface area contributed by atoms with Crippen molar-refractivity contribution in [3.05, 3.63) is 29.8 Å². The predicted molar refractivity (Wildman–Crippen MR) is 116 cm³/mol. The number of likely N-dealkylation sites (tertiary alicyclic amines) is 1. The van der Waals surface area contributed by atoms with Crippen molar-refractivity contribution in [2.24, 2.45) is 23.7 Å². The number of rotatable bonds is 6. The first kappa shape index (κ1) is 21.5. The summed E-state index contributed by atoms with van der Waals surface area (Å²) < 4.78 is 5.00. The lowest BCUT2D eigenvalue weighted by atomic mass is 9.81. The summed E-state index contributed by atoms with van der Waals surface area (Å²) in [6, 6.07) is 7.37. The predicted octanol–water partition coefficient (Wildman–Crippen LogP) is 2.51. The molecule has 9 heteroatoms. The first-order chi connectivity index (χ1) is 14.3. The monoisotopic (exact) mass is 540 g/mol. The SMILES string of the molecule is CCc1ccc(NC(=O)COC(=O)CN2C(=O)[C@@H]3[C@H]4C[C@@H]([C@H](Br)[C@H]4Br)[C@H]3C2=O)cc1. The van der Waals surface area contributed by atoms with E-state index in [0.717, 1.165) is 23.3 Å². The van der Waals surface area contributed by atoms with Crippen LogP contribution in [0.25, 0.3) is 0 Å². The third-order valence-electron chi connectivity index (χ3n) is 6.38. The first-order valence-electron chi connectivity index (χ1n) is 9.99. The Labute approximate surface area is 191 Å². The average molecular weight is 542 g/mol. The molecule has 1 aromatic rings. The summed E-state index contributed by atoms with van der Waals surface area (Å²) in [7, 11) is 0. The molecule has 3 fully saturated rings. The van der Waals surface area contributed by atoms with Crippen LogP contribution < -0.4 is 5.32 Å². The van der Waals surface area contributed by atoms with Crippen molar-refractivity contribution in [2.45, 2.75) is 29.4 Å². The molecule has 4 rings (SSSR count). The Morgan fingerprint density at radius 3 is 2.17 bits per heavy atom. The Morgan fingerprint density at radius 1 is 1.07 bits per heavy atom. The molecular formula is C21H22Br2N2O5. The van der Waals surface area contributed by atoms with Gasteiger partial charge in [0.05, 0.1) is 11.8 Å². The number of amides is 3. The van der Waals surface area contributed by atoms with Crippen molar-refractivity contribution in [2.75, 3.05) is 18.5 Å². The van der Waals surface area contributed by atoms with E-state index in [4.69, 9.17) is 4.74 Å². The number of alkyl halides is 2. The number of nitrogens with one attached hydrogen (secondary N) is 1. The van der Waals surface area contributed by atoms with Gasteiger partial charge in [-0.2, -0.15) is 0 Å². The second kappa shape index (κ2) is 8.42. The van der Waals surface area contributed by atoms with E-state index in [1.165, 1.54) is 0 Å². The molecule has 6 atom stereocenters. The molecule has 30 heavy (non-hydrogen) atoms. The van der Waals surface area contributed by atoms with E-state index in [9.17, 15) is 19.2 Å². The molecule has 1 heterocycles. The highest BCUT2D eigenvalue weighted by molar-refractivity contribution is 9.12. The maximum absolute atomic E-state index is 12.8. The lowest BCUT2D eigenvalue weighted by Crippen LogP contribution is -2.38. The van der Waals surface area contributed by atoms with E-state index >= 15 is 0 Å². The van der Waals surface area contributed by atoms with Crippen molar-refractivity contribution in [1.29, 1.82) is 0 Å². The van der Waals surface area contributed by atoms with Crippen molar-refractivity contribution in [3.8, 4) is 0 Å². The Hall–Kier alpha value is -1.74. The topological polar surface area (TPSA) is 92.8 Å². The van der Waals surface area contributed by atoms with Crippen LogP contribution in [0.15, 0.2) is 24.3 Å². The van der Waals surface area contributed by atoms with E-state index in [1.807, 2.05) is 19.1 Å². The largest absolute Gasteiger partial charge is 0.454 e. The lowest BCUT2D eigenvalue weighted by Gasteiger charge is -2.28. The number of halogens is 2. The molecule has 2 aliphatic carbocycles. The smallest absolute Gasteiger partial charge is 0.326 e. The van der Waals surface area contributed by atoms with Gasteiger partial charge in [-0.1, -0.05) is 50.9 Å². The number of benzene rings is 1. The molecular weight excluding hydrogens is 520 g/mol. The Balaban J connectivity index is 1.29. The van der Waals surface area contributed by atoms with E-state index < -0.39 is 25.0 Å². The second-order valence-electron chi connectivity index (χ2n) is 8.03. The third kappa shape index (κ3) is 3.70. The Bertz CT molecular complexity index is 858. The van der Waals surface area contributed by atoms with Crippen LogP contribution in [-0.2, 0) is 30.3 Å². The van der Waals surface area contributed by atoms with E-state index in [2.05, 4.69) is 37.2 Å². The van der Waals surface area contributed by atoms with Crippen molar-refractivity contribution in [3.63, 3.8) is 0 Å². The van der Waals surface area contributed by atoms with Crippen molar-refractivity contribution in [1.82, 2.24) is 4.90 Å². The number of esters is 1. The Kier molecular flexibility index (Phi) is 6.03. The van der Waals surface area contributed by atoms with Crippen LogP contribution in [0, 0.1) is 23.7 Å². The number of carbonyl (C=O) groups excluding carboxylic acids is 4.